The van der Waals surface area contributed by atoms with Gasteiger partial charge in [-0.15, -0.1) is 35.3 Å². The summed E-state index contributed by atoms with van der Waals surface area (Å²) in [7, 11) is 0.933. The number of nitrogens with zero attached hydrogens (tertiary/aromatic N) is 3. The van der Waals surface area contributed by atoms with Crippen LogP contribution in [0.2, 0.25) is 0 Å². The molecule has 0 bridgehead atoms. The van der Waals surface area contributed by atoms with Crippen LogP contribution in [-0.4, -0.2) is 76.2 Å². The molecule has 3 heterocycles. The number of nitrogens with one attached hydrogen (secondary N) is 2. The van der Waals surface area contributed by atoms with Gasteiger partial charge in [-0.05, 0) is 50.2 Å². The summed E-state index contributed by atoms with van der Waals surface area (Å²) in [5.74, 6) is 1.55. The van der Waals surface area contributed by atoms with Crippen molar-refractivity contribution in [3.8, 4) is 0 Å². The van der Waals surface area contributed by atoms with Crippen LogP contribution >= 0.6 is 35.3 Å². The molecule has 28 heavy (non-hydrogen) atoms. The first-order chi connectivity index (χ1) is 13.0. The number of guanidine groups is 1. The lowest BCUT2D eigenvalue weighted by molar-refractivity contribution is 0.125. The fourth-order valence-electron chi connectivity index (χ4n) is 4.07. The minimum Gasteiger partial charge on any atom is -0.356 e. The molecule has 1 aromatic rings. The molecule has 2 aliphatic heterocycles. The lowest BCUT2D eigenvalue weighted by Crippen LogP contribution is -2.46. The Hall–Kier alpha value is -0.430. The summed E-state index contributed by atoms with van der Waals surface area (Å²) in [5, 5.41) is 8.85. The van der Waals surface area contributed by atoms with Crippen molar-refractivity contribution in [3.05, 3.63) is 22.4 Å². The zero-order chi connectivity index (χ0) is 19.3. The van der Waals surface area contributed by atoms with Crippen molar-refractivity contribution in [1.29, 1.82) is 0 Å². The molecule has 0 saturated carbocycles. The van der Waals surface area contributed by atoms with Crippen LogP contribution in [0.3, 0.4) is 0 Å². The smallest absolute Gasteiger partial charge is 0.214 e. The van der Waals surface area contributed by atoms with Crippen molar-refractivity contribution in [2.45, 2.75) is 25.3 Å². The van der Waals surface area contributed by atoms with Crippen LogP contribution in [0.1, 0.15) is 30.2 Å². The van der Waals surface area contributed by atoms with E-state index in [1.54, 1.807) is 11.4 Å². The number of thiophene rings is 1. The van der Waals surface area contributed by atoms with Gasteiger partial charge in [0.2, 0.25) is 10.0 Å². The number of hydrogen-bond acceptors (Lipinski definition) is 5. The average molecular weight is 542 g/mol. The highest BCUT2D eigenvalue weighted by Crippen LogP contribution is 2.36. The van der Waals surface area contributed by atoms with Crippen molar-refractivity contribution in [1.82, 2.24) is 19.8 Å². The third-order valence-electron chi connectivity index (χ3n) is 5.45. The minimum atomic E-state index is -3.03. The number of rotatable bonds is 6. The molecule has 2 N–H and O–H groups in total. The van der Waals surface area contributed by atoms with Crippen molar-refractivity contribution >= 4 is 51.3 Å². The monoisotopic (exact) mass is 541 g/mol. The van der Waals surface area contributed by atoms with Crippen molar-refractivity contribution in [2.75, 3.05) is 52.6 Å². The summed E-state index contributed by atoms with van der Waals surface area (Å²) in [5.41, 5.74) is 0. The normalized spacial score (nSPS) is 26.0. The van der Waals surface area contributed by atoms with Crippen molar-refractivity contribution in [2.24, 2.45) is 10.9 Å². The van der Waals surface area contributed by atoms with E-state index in [1.165, 1.54) is 17.7 Å². The molecule has 3 rings (SSSR count). The van der Waals surface area contributed by atoms with Crippen LogP contribution < -0.4 is 10.6 Å². The van der Waals surface area contributed by atoms with E-state index in [-0.39, 0.29) is 29.7 Å². The minimum absolute atomic E-state index is 0. The van der Waals surface area contributed by atoms with Gasteiger partial charge >= 0.3 is 0 Å². The first-order valence-electron chi connectivity index (χ1n) is 9.67. The second kappa shape index (κ2) is 11.1. The van der Waals surface area contributed by atoms with E-state index >= 15 is 0 Å². The summed E-state index contributed by atoms with van der Waals surface area (Å²) in [6.45, 7) is 3.68. The molecule has 160 valence electrons. The maximum atomic E-state index is 11.9. The van der Waals surface area contributed by atoms with Crippen LogP contribution in [0, 0.1) is 5.92 Å². The van der Waals surface area contributed by atoms with E-state index in [1.807, 2.05) is 11.3 Å². The van der Waals surface area contributed by atoms with Crippen LogP contribution in [-0.2, 0) is 10.0 Å². The Kier molecular flexibility index (Phi) is 9.45. The van der Waals surface area contributed by atoms with Gasteiger partial charge in [-0.1, -0.05) is 6.07 Å². The summed E-state index contributed by atoms with van der Waals surface area (Å²) >= 11 is 1.83. The number of piperidine rings is 1. The Morgan fingerprint density at radius 2 is 2.14 bits per heavy atom. The summed E-state index contributed by atoms with van der Waals surface area (Å²) in [4.78, 5) is 8.17. The lowest BCUT2D eigenvalue weighted by Gasteiger charge is -2.39. The highest BCUT2D eigenvalue weighted by atomic mass is 127. The van der Waals surface area contributed by atoms with Gasteiger partial charge in [-0.3, -0.25) is 9.89 Å². The zero-order valence-electron chi connectivity index (χ0n) is 16.6. The van der Waals surface area contributed by atoms with E-state index in [9.17, 15) is 8.42 Å². The van der Waals surface area contributed by atoms with Crippen LogP contribution in [0.15, 0.2) is 22.5 Å². The van der Waals surface area contributed by atoms with E-state index in [0.717, 1.165) is 25.5 Å². The first-order valence-corrected chi connectivity index (χ1v) is 12.2. The third kappa shape index (κ3) is 6.04. The van der Waals surface area contributed by atoms with Gasteiger partial charge in [0.25, 0.3) is 0 Å². The Labute approximate surface area is 190 Å². The summed E-state index contributed by atoms with van der Waals surface area (Å²) < 4.78 is 25.3. The maximum absolute atomic E-state index is 11.9. The molecule has 0 spiro atoms. The van der Waals surface area contributed by atoms with Crippen LogP contribution in [0.25, 0.3) is 0 Å². The molecule has 2 saturated heterocycles. The van der Waals surface area contributed by atoms with Crippen molar-refractivity contribution in [3.63, 3.8) is 0 Å². The third-order valence-corrected chi connectivity index (χ3v) is 8.35. The zero-order valence-corrected chi connectivity index (χ0v) is 20.6. The number of aliphatic imine (C=N–C) groups is 1. The van der Waals surface area contributed by atoms with E-state index in [0.29, 0.717) is 31.6 Å². The highest BCUT2D eigenvalue weighted by molar-refractivity contribution is 14.0. The first kappa shape index (κ1) is 23.8. The molecule has 7 nitrogen and oxygen atoms in total. The van der Waals surface area contributed by atoms with Crippen molar-refractivity contribution < 1.29 is 8.42 Å². The maximum Gasteiger partial charge on any atom is 0.214 e. The van der Waals surface area contributed by atoms with Gasteiger partial charge in [0.15, 0.2) is 5.96 Å². The second-order valence-electron chi connectivity index (χ2n) is 7.29. The van der Waals surface area contributed by atoms with E-state index in [2.05, 4.69) is 45.1 Å². The van der Waals surface area contributed by atoms with Gasteiger partial charge in [0, 0.05) is 44.1 Å². The number of hydrogen-bond donors (Lipinski definition) is 2. The fraction of sp³-hybridized carbons (Fsp3) is 0.722. The van der Waals surface area contributed by atoms with Gasteiger partial charge in [0.1, 0.15) is 0 Å². The number of sulfonamides is 1. The Morgan fingerprint density at radius 1 is 1.32 bits per heavy atom. The lowest BCUT2D eigenvalue weighted by atomic mass is 9.88. The molecule has 2 unspecified atom stereocenters. The Bertz CT molecular complexity index is 726. The molecule has 10 heteroatoms. The second-order valence-corrected chi connectivity index (χ2v) is 10.4. The van der Waals surface area contributed by atoms with Crippen LogP contribution in [0.4, 0.5) is 0 Å². The highest BCUT2D eigenvalue weighted by Gasteiger charge is 2.31. The quantitative estimate of drug-likeness (QED) is 0.327. The van der Waals surface area contributed by atoms with Gasteiger partial charge in [-0.2, -0.15) is 0 Å². The molecule has 0 aromatic carbocycles. The fourth-order valence-corrected chi connectivity index (χ4v) is 6.58. The van der Waals surface area contributed by atoms with E-state index in [4.69, 9.17) is 0 Å². The average Bonchev–Trinajstić information content (AvgIpc) is 3.27. The summed E-state index contributed by atoms with van der Waals surface area (Å²) in [6, 6.07) is 4.80. The molecule has 2 atom stereocenters. The molecule has 2 fully saturated rings. The predicted molar refractivity (Wildman–Crippen MR) is 127 cm³/mol. The molecular weight excluding hydrogens is 509 g/mol. The standard InChI is InChI=1S/C18H31N5O2S2.HI/c1-19-18(20-8-11-23-10-5-13-27(23,24)25)21-14-15-6-3-9-22(2)17(15)16-7-4-12-26-16;/h4,7,12,15,17H,3,5-6,8-11,13-14H2,1-2H3,(H2,19,20,21);1H. The van der Waals surface area contributed by atoms with Gasteiger partial charge < -0.3 is 10.6 Å². The Balaban J connectivity index is 0.00000280. The largest absolute Gasteiger partial charge is 0.356 e. The van der Waals surface area contributed by atoms with Gasteiger partial charge in [-0.25, -0.2) is 12.7 Å². The van der Waals surface area contributed by atoms with E-state index < -0.39 is 10.0 Å². The number of likely N-dealkylation sites (tertiary alicyclic amines) is 1. The molecule has 2 aliphatic rings. The van der Waals surface area contributed by atoms with Crippen LogP contribution in [0.5, 0.6) is 0 Å². The summed E-state index contributed by atoms with van der Waals surface area (Å²) in [6.07, 6.45) is 3.14. The molecule has 0 amide bonds. The topological polar surface area (TPSA) is 77.0 Å². The molecule has 0 aliphatic carbocycles. The Morgan fingerprint density at radius 3 is 2.79 bits per heavy atom. The SMILES string of the molecule is CN=C(NCCN1CCCS1(=O)=O)NCC1CCCN(C)C1c1cccs1.I. The van der Waals surface area contributed by atoms with Gasteiger partial charge in [0.05, 0.1) is 5.75 Å². The number of halogens is 1. The molecular formula is C18H32IN5O2S2. The molecule has 0 radical (unpaired) electrons. The predicted octanol–water partition coefficient (Wildman–Crippen LogP) is 1.95. The molecule has 1 aromatic heterocycles.